The van der Waals surface area contributed by atoms with Gasteiger partial charge in [-0.3, -0.25) is 0 Å². The van der Waals surface area contributed by atoms with Gasteiger partial charge in [0.15, 0.2) is 0 Å². The molecule has 9 heavy (non-hydrogen) atoms. The van der Waals surface area contributed by atoms with Crippen LogP contribution in [-0.2, 0) is 4.74 Å². The Labute approximate surface area is 61.1 Å². The molecule has 0 unspecified atom stereocenters. The Bertz CT molecular complexity index is 56.4. The van der Waals surface area contributed by atoms with E-state index in [2.05, 4.69) is 18.8 Å². The van der Waals surface area contributed by atoms with E-state index in [1.807, 2.05) is 0 Å². The van der Waals surface area contributed by atoms with Crippen molar-refractivity contribution in [2.45, 2.75) is 7.43 Å². The number of hydrogen-bond acceptors (Lipinski definition) is 1. The molecule has 0 aliphatic heterocycles. The molecule has 2 heteroatoms. The predicted octanol–water partition coefficient (Wildman–Crippen LogP) is 1.96. The second-order valence-corrected chi connectivity index (χ2v) is 7.38. The summed E-state index contributed by atoms with van der Waals surface area (Å²) in [4.78, 5) is 0. The van der Waals surface area contributed by atoms with Crippen LogP contribution in [0, 0.1) is 0 Å². The van der Waals surface area contributed by atoms with Crippen molar-refractivity contribution in [3.63, 3.8) is 0 Å². The molecule has 0 heterocycles. The van der Waals surface area contributed by atoms with Crippen molar-refractivity contribution in [2.24, 2.45) is 0 Å². The van der Waals surface area contributed by atoms with Crippen molar-refractivity contribution in [3.8, 4) is 0 Å². The molecule has 0 aliphatic carbocycles. The van der Waals surface area contributed by atoms with Crippen LogP contribution in [0.1, 0.15) is 7.43 Å². The zero-order valence-electron chi connectivity index (χ0n) is 6.23. The first-order valence-electron chi connectivity index (χ1n) is 2.71. The first-order chi connectivity index (χ1) is 3.56. The van der Waals surface area contributed by atoms with E-state index in [0.717, 1.165) is 6.61 Å². The van der Waals surface area contributed by atoms with Crippen molar-refractivity contribution in [1.82, 2.24) is 0 Å². The van der Waals surface area contributed by atoms with Gasteiger partial charge in [0.25, 0.3) is 0 Å². The number of hydrogen-bond donors (Lipinski definition) is 0. The third-order valence-corrected chi connectivity index (χ3v) is 2.29. The third-order valence-electron chi connectivity index (χ3n) is 0.900. The van der Waals surface area contributed by atoms with Crippen molar-refractivity contribution in [3.05, 3.63) is 0 Å². The van der Waals surface area contributed by atoms with Crippen LogP contribution in [0.3, 0.4) is 0 Å². The summed E-state index contributed by atoms with van der Waals surface area (Å²) < 4.78 is 4.94. The molecule has 0 bridgehead atoms. The van der Waals surface area contributed by atoms with Gasteiger partial charge in [0, 0.05) is 12.9 Å². The summed E-state index contributed by atoms with van der Waals surface area (Å²) in [7, 11) is 1.44. The van der Waals surface area contributed by atoms with Crippen LogP contribution < -0.4 is 0 Å². The van der Waals surface area contributed by atoms with Crippen LogP contribution >= 0.6 is 10.0 Å². The maximum atomic E-state index is 4.94. The smallest absolute Gasteiger partial charge is 0.0538 e. The van der Waals surface area contributed by atoms with Crippen LogP contribution in [0.4, 0.5) is 0 Å². The maximum absolute atomic E-state index is 4.94. The highest BCUT2D eigenvalue weighted by Gasteiger charge is 2.00. The van der Waals surface area contributed by atoms with Crippen molar-refractivity contribution >= 4 is 10.0 Å². The molecule has 0 rings (SSSR count). The zero-order valence-corrected chi connectivity index (χ0v) is 7.05. The fourth-order valence-electron chi connectivity index (χ4n) is 0.333. The lowest BCUT2D eigenvalue weighted by molar-refractivity contribution is 0.218. The molecule has 0 saturated heterocycles. The van der Waals surface area contributed by atoms with E-state index < -0.39 is 0 Å². The fraction of sp³-hybridized carbons (Fsp3) is 1.00. The average molecular weight is 152 g/mol. The van der Waals surface area contributed by atoms with E-state index in [4.69, 9.17) is 4.74 Å². The molecule has 60 valence electrons. The Morgan fingerprint density at radius 1 is 1.22 bits per heavy atom. The molecule has 0 saturated carbocycles. The second-order valence-electron chi connectivity index (χ2n) is 2.79. The average Bonchev–Trinajstić information content (AvgIpc) is 1.59. The third kappa shape index (κ3) is 11.7. The van der Waals surface area contributed by atoms with Gasteiger partial charge in [-0.1, -0.05) is 7.43 Å². The standard InChI is InChI=1S/C6H16OS.CH4/c1-7-5-6-8(2,3)4;/h5-6H2,1-4H3;1H4. The van der Waals surface area contributed by atoms with Gasteiger partial charge in [0.05, 0.1) is 6.61 Å². The molecule has 0 radical (unpaired) electrons. The molecule has 0 aromatic heterocycles. The van der Waals surface area contributed by atoms with Crippen LogP contribution in [0.2, 0.25) is 0 Å². The van der Waals surface area contributed by atoms with Gasteiger partial charge in [-0.2, -0.15) is 0 Å². The second kappa shape index (κ2) is 5.12. The Morgan fingerprint density at radius 3 is 1.78 bits per heavy atom. The van der Waals surface area contributed by atoms with Crippen molar-refractivity contribution in [2.75, 3.05) is 38.2 Å². The lowest BCUT2D eigenvalue weighted by atomic mass is 10.9. The first kappa shape index (κ1) is 12.0. The van der Waals surface area contributed by atoms with Gasteiger partial charge >= 0.3 is 0 Å². The molecule has 0 atom stereocenters. The van der Waals surface area contributed by atoms with Gasteiger partial charge in [0.2, 0.25) is 0 Å². The van der Waals surface area contributed by atoms with Gasteiger partial charge in [-0.25, -0.2) is 10.0 Å². The topological polar surface area (TPSA) is 9.23 Å². The van der Waals surface area contributed by atoms with Crippen LogP contribution in [0.15, 0.2) is 0 Å². The van der Waals surface area contributed by atoms with Gasteiger partial charge in [-0.15, -0.1) is 0 Å². The zero-order chi connectivity index (χ0) is 6.62. The Morgan fingerprint density at radius 2 is 1.67 bits per heavy atom. The van der Waals surface area contributed by atoms with Crippen molar-refractivity contribution < 1.29 is 4.74 Å². The quantitative estimate of drug-likeness (QED) is 0.601. The minimum Gasteiger partial charge on any atom is -0.384 e. The summed E-state index contributed by atoms with van der Waals surface area (Å²) in [5.74, 6) is 1.23. The Hall–Kier alpha value is 0.310. The minimum absolute atomic E-state index is 0. The van der Waals surface area contributed by atoms with E-state index in [-0.39, 0.29) is 17.5 Å². The number of rotatable bonds is 3. The molecule has 0 aliphatic rings. The summed E-state index contributed by atoms with van der Waals surface area (Å²) in [6.45, 7) is 0.916. The largest absolute Gasteiger partial charge is 0.384 e. The lowest BCUT2D eigenvalue weighted by Crippen LogP contribution is -2.04. The van der Waals surface area contributed by atoms with Gasteiger partial charge < -0.3 is 4.74 Å². The van der Waals surface area contributed by atoms with Gasteiger partial charge in [-0.05, 0) is 18.8 Å². The normalized spacial score (nSPS) is 12.4. The van der Waals surface area contributed by atoms with E-state index in [9.17, 15) is 0 Å². The highest BCUT2D eigenvalue weighted by atomic mass is 32.3. The first-order valence-corrected chi connectivity index (χ1v) is 5.74. The Balaban J connectivity index is 0. The Kier molecular flexibility index (Phi) is 6.85. The highest BCUT2D eigenvalue weighted by Crippen LogP contribution is 2.33. The molecule has 0 amide bonds. The molecule has 0 aromatic rings. The summed E-state index contributed by atoms with van der Waals surface area (Å²) >= 11 is 0. The number of ether oxygens (including phenoxy) is 1. The molecule has 0 aromatic carbocycles. The summed E-state index contributed by atoms with van der Waals surface area (Å²) in [6.07, 6.45) is 6.89. The predicted molar refractivity (Wildman–Crippen MR) is 48.8 cm³/mol. The molecule has 0 fully saturated rings. The van der Waals surface area contributed by atoms with E-state index in [1.165, 1.54) is 5.75 Å². The maximum Gasteiger partial charge on any atom is 0.0538 e. The molecule has 0 N–H and O–H groups in total. The highest BCUT2D eigenvalue weighted by molar-refractivity contribution is 8.32. The molecule has 0 spiro atoms. The van der Waals surface area contributed by atoms with E-state index >= 15 is 0 Å². The van der Waals surface area contributed by atoms with Gasteiger partial charge in [0.1, 0.15) is 0 Å². The van der Waals surface area contributed by atoms with Crippen LogP contribution in [0.25, 0.3) is 0 Å². The molecular formula is C7H20OS. The lowest BCUT2D eigenvalue weighted by Gasteiger charge is -2.23. The summed E-state index contributed by atoms with van der Waals surface area (Å²) in [6, 6.07) is 0. The molecular weight excluding hydrogens is 132 g/mol. The SMILES string of the molecule is C.COCCS(C)(C)C. The van der Waals surface area contributed by atoms with E-state index in [1.54, 1.807) is 7.11 Å². The van der Waals surface area contributed by atoms with Crippen molar-refractivity contribution in [1.29, 1.82) is 0 Å². The minimum atomic E-state index is -0.311. The van der Waals surface area contributed by atoms with Crippen LogP contribution in [0.5, 0.6) is 0 Å². The number of methoxy groups -OCH3 is 1. The summed E-state index contributed by atoms with van der Waals surface area (Å²) in [5.41, 5.74) is 0. The molecule has 1 nitrogen and oxygen atoms in total. The fourth-order valence-corrected chi connectivity index (χ4v) is 1.000. The summed E-state index contributed by atoms with van der Waals surface area (Å²) in [5, 5.41) is 0. The monoisotopic (exact) mass is 152 g/mol. The van der Waals surface area contributed by atoms with E-state index in [0.29, 0.717) is 0 Å². The van der Waals surface area contributed by atoms with Crippen LogP contribution in [-0.4, -0.2) is 38.2 Å².